The van der Waals surface area contributed by atoms with Crippen molar-refractivity contribution in [2.24, 2.45) is 0 Å². The molecule has 5 heteroatoms. The van der Waals surface area contributed by atoms with Crippen molar-refractivity contribution in [2.75, 3.05) is 18.7 Å². The van der Waals surface area contributed by atoms with Crippen LogP contribution >= 0.6 is 0 Å². The molecule has 1 aromatic carbocycles. The number of ketones is 1. The number of anilines is 1. The Bertz CT molecular complexity index is 633. The number of carbonyl (C=O) groups excluding carboxylic acids is 1. The molecular formula is C15H15NO4. The summed E-state index contributed by atoms with van der Waals surface area (Å²) in [6, 6.07) is 9.11. The number of ether oxygens (including phenoxy) is 2. The van der Waals surface area contributed by atoms with E-state index < -0.39 is 0 Å². The van der Waals surface area contributed by atoms with Gasteiger partial charge < -0.3 is 19.2 Å². The largest absolute Gasteiger partial charge is 0.458 e. The third-order valence-electron chi connectivity index (χ3n) is 3.07. The molecule has 1 N–H and O–H groups in total. The van der Waals surface area contributed by atoms with Crippen LogP contribution in [0.5, 0.6) is 11.5 Å². The van der Waals surface area contributed by atoms with Gasteiger partial charge in [0.2, 0.25) is 6.79 Å². The van der Waals surface area contributed by atoms with E-state index in [4.69, 9.17) is 13.9 Å². The Balaban J connectivity index is 1.54. The minimum absolute atomic E-state index is 0.00802. The zero-order valence-corrected chi connectivity index (χ0v) is 11.1. The minimum atomic E-state index is -0.00802. The second-order valence-electron chi connectivity index (χ2n) is 4.58. The second-order valence-corrected chi connectivity index (χ2v) is 4.58. The fourth-order valence-corrected chi connectivity index (χ4v) is 2.03. The van der Waals surface area contributed by atoms with Gasteiger partial charge in [-0.05, 0) is 31.2 Å². The molecule has 2 heterocycles. The third kappa shape index (κ3) is 2.61. The van der Waals surface area contributed by atoms with E-state index >= 15 is 0 Å². The van der Waals surface area contributed by atoms with Crippen LogP contribution < -0.4 is 14.8 Å². The molecule has 5 nitrogen and oxygen atoms in total. The van der Waals surface area contributed by atoms with Gasteiger partial charge in [-0.2, -0.15) is 0 Å². The van der Waals surface area contributed by atoms with Crippen LogP contribution in [0.2, 0.25) is 0 Å². The standard InChI is InChI=1S/C15H15NO4/c1-10-2-4-13(20-10)12(17)6-7-16-11-3-5-14-15(8-11)19-9-18-14/h2-5,8,16H,6-7,9H2,1H3. The lowest BCUT2D eigenvalue weighted by molar-refractivity contribution is 0.0958. The zero-order chi connectivity index (χ0) is 13.9. The van der Waals surface area contributed by atoms with E-state index in [2.05, 4.69) is 5.32 Å². The van der Waals surface area contributed by atoms with Gasteiger partial charge in [-0.25, -0.2) is 0 Å². The molecule has 3 rings (SSSR count). The van der Waals surface area contributed by atoms with Crippen LogP contribution in [0.25, 0.3) is 0 Å². The maximum atomic E-state index is 11.9. The van der Waals surface area contributed by atoms with Crippen molar-refractivity contribution in [3.8, 4) is 11.5 Å². The van der Waals surface area contributed by atoms with Gasteiger partial charge in [0.1, 0.15) is 5.76 Å². The lowest BCUT2D eigenvalue weighted by Crippen LogP contribution is -2.08. The normalized spacial score (nSPS) is 12.4. The number of carbonyl (C=O) groups is 1. The summed E-state index contributed by atoms with van der Waals surface area (Å²) in [6.07, 6.45) is 0.376. The van der Waals surface area contributed by atoms with E-state index in [9.17, 15) is 4.79 Å². The van der Waals surface area contributed by atoms with Crippen LogP contribution in [0, 0.1) is 6.92 Å². The number of rotatable bonds is 5. The maximum Gasteiger partial charge on any atom is 0.231 e. The highest BCUT2D eigenvalue weighted by molar-refractivity contribution is 5.93. The molecule has 0 bridgehead atoms. The van der Waals surface area contributed by atoms with Crippen molar-refractivity contribution < 1.29 is 18.7 Å². The molecule has 1 aliphatic heterocycles. The molecule has 0 spiro atoms. The first-order chi connectivity index (χ1) is 9.72. The molecule has 0 amide bonds. The van der Waals surface area contributed by atoms with Gasteiger partial charge in [0.05, 0.1) is 0 Å². The fraction of sp³-hybridized carbons (Fsp3) is 0.267. The summed E-state index contributed by atoms with van der Waals surface area (Å²) in [4.78, 5) is 11.9. The summed E-state index contributed by atoms with van der Waals surface area (Å²) in [5.41, 5.74) is 0.901. The van der Waals surface area contributed by atoms with Crippen molar-refractivity contribution in [3.63, 3.8) is 0 Å². The Hall–Kier alpha value is -2.43. The van der Waals surface area contributed by atoms with Gasteiger partial charge in [0.15, 0.2) is 23.0 Å². The molecule has 2 aromatic rings. The topological polar surface area (TPSA) is 60.7 Å². The predicted molar refractivity (Wildman–Crippen MR) is 73.4 cm³/mol. The molecule has 0 radical (unpaired) electrons. The Labute approximate surface area is 116 Å². The smallest absolute Gasteiger partial charge is 0.231 e. The Morgan fingerprint density at radius 1 is 1.20 bits per heavy atom. The highest BCUT2D eigenvalue weighted by Gasteiger charge is 2.13. The first-order valence-corrected chi connectivity index (χ1v) is 6.45. The summed E-state index contributed by atoms with van der Waals surface area (Å²) in [7, 11) is 0. The van der Waals surface area contributed by atoms with Gasteiger partial charge >= 0.3 is 0 Å². The number of furan rings is 1. The van der Waals surface area contributed by atoms with Gasteiger partial charge in [-0.3, -0.25) is 4.79 Å². The van der Waals surface area contributed by atoms with E-state index in [1.807, 2.05) is 25.1 Å². The summed E-state index contributed by atoms with van der Waals surface area (Å²) in [6.45, 7) is 2.62. The number of fused-ring (bicyclic) bond motifs is 1. The van der Waals surface area contributed by atoms with Crippen LogP contribution in [0.1, 0.15) is 22.7 Å². The van der Waals surface area contributed by atoms with Crippen LogP contribution in [0.4, 0.5) is 5.69 Å². The molecule has 0 fully saturated rings. The highest BCUT2D eigenvalue weighted by Crippen LogP contribution is 2.34. The summed E-state index contributed by atoms with van der Waals surface area (Å²) in [5.74, 6) is 2.62. The SMILES string of the molecule is Cc1ccc(C(=O)CCNc2ccc3c(c2)OCO3)o1. The monoisotopic (exact) mass is 273 g/mol. The lowest BCUT2D eigenvalue weighted by atomic mass is 10.2. The first kappa shape index (κ1) is 12.6. The van der Waals surface area contributed by atoms with E-state index in [-0.39, 0.29) is 12.6 Å². The molecule has 0 aliphatic carbocycles. The van der Waals surface area contributed by atoms with Gasteiger partial charge in [0, 0.05) is 24.7 Å². The number of benzene rings is 1. The van der Waals surface area contributed by atoms with Gasteiger partial charge in [-0.1, -0.05) is 0 Å². The van der Waals surface area contributed by atoms with Crippen molar-refractivity contribution in [1.82, 2.24) is 0 Å². The highest BCUT2D eigenvalue weighted by atomic mass is 16.7. The fourth-order valence-electron chi connectivity index (χ4n) is 2.03. The average molecular weight is 273 g/mol. The average Bonchev–Trinajstić information content (AvgIpc) is 3.06. The summed E-state index contributed by atoms with van der Waals surface area (Å²) < 4.78 is 15.8. The molecule has 20 heavy (non-hydrogen) atoms. The maximum absolute atomic E-state index is 11.9. The Morgan fingerprint density at radius 2 is 2.05 bits per heavy atom. The third-order valence-corrected chi connectivity index (χ3v) is 3.07. The summed E-state index contributed by atoms with van der Waals surface area (Å²) in [5, 5.41) is 3.18. The lowest BCUT2D eigenvalue weighted by Gasteiger charge is -2.06. The van der Waals surface area contributed by atoms with E-state index in [0.717, 1.165) is 22.9 Å². The van der Waals surface area contributed by atoms with Crippen LogP contribution in [-0.2, 0) is 0 Å². The number of hydrogen-bond acceptors (Lipinski definition) is 5. The Morgan fingerprint density at radius 3 is 2.85 bits per heavy atom. The predicted octanol–water partition coefficient (Wildman–Crippen LogP) is 3.00. The molecule has 0 unspecified atom stereocenters. The van der Waals surface area contributed by atoms with Crippen LogP contribution in [0.15, 0.2) is 34.7 Å². The van der Waals surface area contributed by atoms with Crippen molar-refractivity contribution in [3.05, 3.63) is 41.9 Å². The van der Waals surface area contributed by atoms with E-state index in [1.165, 1.54) is 0 Å². The second kappa shape index (κ2) is 5.28. The van der Waals surface area contributed by atoms with Crippen molar-refractivity contribution in [2.45, 2.75) is 13.3 Å². The van der Waals surface area contributed by atoms with Gasteiger partial charge in [-0.15, -0.1) is 0 Å². The van der Waals surface area contributed by atoms with Crippen molar-refractivity contribution >= 4 is 11.5 Å². The minimum Gasteiger partial charge on any atom is -0.458 e. The quantitative estimate of drug-likeness (QED) is 0.848. The first-order valence-electron chi connectivity index (χ1n) is 6.45. The van der Waals surface area contributed by atoms with Crippen LogP contribution in [0.3, 0.4) is 0 Å². The van der Waals surface area contributed by atoms with Gasteiger partial charge in [0.25, 0.3) is 0 Å². The zero-order valence-electron chi connectivity index (χ0n) is 11.1. The van der Waals surface area contributed by atoms with E-state index in [1.54, 1.807) is 12.1 Å². The molecular weight excluding hydrogens is 258 g/mol. The number of hydrogen-bond donors (Lipinski definition) is 1. The number of nitrogens with one attached hydrogen (secondary N) is 1. The molecule has 0 saturated carbocycles. The Kier molecular flexibility index (Phi) is 3.33. The van der Waals surface area contributed by atoms with Crippen LogP contribution in [-0.4, -0.2) is 19.1 Å². The molecule has 1 aromatic heterocycles. The molecule has 0 saturated heterocycles. The molecule has 1 aliphatic rings. The number of aryl methyl sites for hydroxylation is 1. The summed E-state index contributed by atoms with van der Waals surface area (Å²) >= 11 is 0. The van der Waals surface area contributed by atoms with Crippen molar-refractivity contribution in [1.29, 1.82) is 0 Å². The van der Waals surface area contributed by atoms with E-state index in [0.29, 0.717) is 18.7 Å². The molecule has 104 valence electrons. The number of Topliss-reactive ketones (excluding diaryl/α,β-unsaturated/α-hetero) is 1. The molecule has 0 atom stereocenters.